The minimum Gasteiger partial charge on any atom is -0.350 e. The van der Waals surface area contributed by atoms with Crippen LogP contribution in [0.15, 0.2) is 89.7 Å². The van der Waals surface area contributed by atoms with E-state index in [0.717, 1.165) is 22.9 Å². The van der Waals surface area contributed by atoms with Gasteiger partial charge in [0.1, 0.15) is 23.9 Å². The van der Waals surface area contributed by atoms with E-state index in [1.165, 1.54) is 0 Å². The molecule has 0 unspecified atom stereocenters. The Morgan fingerprint density at radius 1 is 0.974 bits per heavy atom. The number of nitrogens with zero attached hydrogens (tertiary/aromatic N) is 4. The van der Waals surface area contributed by atoms with Crippen LogP contribution in [0.5, 0.6) is 0 Å². The summed E-state index contributed by atoms with van der Waals surface area (Å²) in [5.74, 6) is -1.00. The van der Waals surface area contributed by atoms with Gasteiger partial charge in [-0.3, -0.25) is 15.0 Å². The minimum atomic E-state index is -4.71. The molecule has 0 bridgehead atoms. The highest BCUT2D eigenvalue weighted by molar-refractivity contribution is 5.94. The number of nitrogens with two attached hydrogens (primary N) is 1. The maximum Gasteiger partial charge on any atom is 0.416 e. The molecule has 0 saturated heterocycles. The van der Waals surface area contributed by atoms with E-state index in [-0.39, 0.29) is 22.5 Å². The van der Waals surface area contributed by atoms with Crippen LogP contribution in [0.25, 0.3) is 22.4 Å². The summed E-state index contributed by atoms with van der Waals surface area (Å²) in [6, 6.07) is 21.5. The number of hydrazine groups is 1. The summed E-state index contributed by atoms with van der Waals surface area (Å²) in [7, 11) is 0. The minimum absolute atomic E-state index is 0.246. The highest BCUT2D eigenvalue weighted by atomic mass is 19.4. The fourth-order valence-corrected chi connectivity index (χ4v) is 3.83. The normalized spacial score (nSPS) is 10.9. The van der Waals surface area contributed by atoms with Crippen molar-refractivity contribution in [1.29, 1.82) is 5.26 Å². The van der Waals surface area contributed by atoms with Crippen molar-refractivity contribution >= 4 is 17.6 Å². The largest absolute Gasteiger partial charge is 0.416 e. The number of primary amides is 1. The molecule has 0 aliphatic rings. The average Bonchev–Trinajstić information content (AvgIpc) is 2.93. The molecular weight excluding hydrogens is 513 g/mol. The average molecular weight is 532 g/mol. The third kappa shape index (κ3) is 5.78. The third-order valence-electron chi connectivity index (χ3n) is 5.56. The molecule has 12 heteroatoms. The second-order valence-electron chi connectivity index (χ2n) is 8.16. The molecule has 0 aliphatic carbocycles. The molecule has 4 rings (SSSR count). The summed E-state index contributed by atoms with van der Waals surface area (Å²) in [5, 5.41) is 14.7. The van der Waals surface area contributed by atoms with E-state index in [1.54, 1.807) is 60.7 Å². The van der Waals surface area contributed by atoms with E-state index < -0.39 is 35.8 Å². The van der Waals surface area contributed by atoms with Crippen LogP contribution in [0.4, 0.5) is 23.7 Å². The first-order chi connectivity index (χ1) is 18.6. The molecule has 0 spiro atoms. The van der Waals surface area contributed by atoms with E-state index >= 15 is 0 Å². The number of alkyl halides is 3. The summed E-state index contributed by atoms with van der Waals surface area (Å²) < 4.78 is 40.2. The van der Waals surface area contributed by atoms with Gasteiger partial charge in [0.15, 0.2) is 0 Å². The van der Waals surface area contributed by atoms with Gasteiger partial charge in [0, 0.05) is 11.1 Å². The Kier molecular flexibility index (Phi) is 7.44. The summed E-state index contributed by atoms with van der Waals surface area (Å²) in [5.41, 5.74) is 6.45. The fourth-order valence-electron chi connectivity index (χ4n) is 3.83. The number of aromatic nitrogens is 2. The predicted molar refractivity (Wildman–Crippen MR) is 136 cm³/mol. The molecule has 3 N–H and O–H groups in total. The second kappa shape index (κ2) is 10.9. The number of carbonyl (C=O) groups excluding carboxylic acids is 2. The quantitative estimate of drug-likeness (QED) is 0.374. The number of anilines is 1. The monoisotopic (exact) mass is 532 g/mol. The Hall–Kier alpha value is -5.44. The van der Waals surface area contributed by atoms with Gasteiger partial charge in [-0.25, -0.2) is 14.5 Å². The lowest BCUT2D eigenvalue weighted by Crippen LogP contribution is -2.51. The zero-order valence-electron chi connectivity index (χ0n) is 20.0. The van der Waals surface area contributed by atoms with Crippen LogP contribution in [0.3, 0.4) is 0 Å². The number of amides is 3. The number of hydrogen-bond donors (Lipinski definition) is 2. The van der Waals surface area contributed by atoms with Gasteiger partial charge in [0.05, 0.1) is 11.3 Å². The molecule has 1 heterocycles. The zero-order chi connectivity index (χ0) is 28.2. The van der Waals surface area contributed by atoms with Crippen molar-refractivity contribution < 1.29 is 22.8 Å². The van der Waals surface area contributed by atoms with Gasteiger partial charge in [0.25, 0.3) is 11.5 Å². The van der Waals surface area contributed by atoms with E-state index in [9.17, 15) is 32.8 Å². The molecule has 0 radical (unpaired) electrons. The first-order valence-electron chi connectivity index (χ1n) is 11.3. The first kappa shape index (κ1) is 26.6. The number of nitriles is 1. The molecule has 196 valence electrons. The molecule has 0 fully saturated rings. The highest BCUT2D eigenvalue weighted by Crippen LogP contribution is 2.32. The van der Waals surface area contributed by atoms with Gasteiger partial charge in [-0.15, -0.1) is 0 Å². The van der Waals surface area contributed by atoms with Crippen LogP contribution in [-0.2, 0) is 17.5 Å². The smallest absolute Gasteiger partial charge is 0.350 e. The topological polar surface area (TPSA) is 134 Å². The number of nitrogens with one attached hydrogen (secondary N) is 1. The number of carbonyl (C=O) groups is 2. The maximum absolute atomic E-state index is 13.2. The van der Waals surface area contributed by atoms with Crippen molar-refractivity contribution in [2.24, 2.45) is 5.73 Å². The lowest BCUT2D eigenvalue weighted by molar-refractivity contribution is -0.137. The Labute approximate surface area is 219 Å². The summed E-state index contributed by atoms with van der Waals surface area (Å²) in [6.45, 7) is -0.773. The van der Waals surface area contributed by atoms with E-state index in [1.807, 2.05) is 6.07 Å². The molecule has 9 nitrogen and oxygen atoms in total. The maximum atomic E-state index is 13.2. The Morgan fingerprint density at radius 2 is 1.59 bits per heavy atom. The summed E-state index contributed by atoms with van der Waals surface area (Å²) in [4.78, 5) is 38.1. The highest BCUT2D eigenvalue weighted by Gasteiger charge is 2.31. The van der Waals surface area contributed by atoms with Crippen molar-refractivity contribution in [2.75, 3.05) is 5.01 Å². The number of hydrogen-bond acceptors (Lipinski definition) is 5. The van der Waals surface area contributed by atoms with E-state index in [0.29, 0.717) is 22.2 Å². The summed E-state index contributed by atoms with van der Waals surface area (Å²) in [6.07, 6.45) is -4.71. The van der Waals surface area contributed by atoms with Crippen molar-refractivity contribution in [3.8, 4) is 28.5 Å². The van der Waals surface area contributed by atoms with Crippen molar-refractivity contribution in [3.63, 3.8) is 0 Å². The Morgan fingerprint density at radius 3 is 2.15 bits per heavy atom. The molecular formula is C27H19F3N6O3. The molecule has 3 amide bonds. The number of halogens is 3. The van der Waals surface area contributed by atoms with Gasteiger partial charge >= 0.3 is 12.2 Å². The van der Waals surface area contributed by atoms with Crippen LogP contribution in [0.2, 0.25) is 0 Å². The Balaban J connectivity index is 1.74. The Bertz CT molecular complexity index is 1630. The molecule has 39 heavy (non-hydrogen) atoms. The molecule has 0 atom stereocenters. The van der Waals surface area contributed by atoms with Gasteiger partial charge < -0.3 is 5.73 Å². The third-order valence-corrected chi connectivity index (χ3v) is 5.56. The molecule has 4 aromatic rings. The van der Waals surface area contributed by atoms with Gasteiger partial charge in [-0.05, 0) is 23.8 Å². The van der Waals surface area contributed by atoms with Crippen LogP contribution in [-0.4, -0.2) is 21.7 Å². The SMILES string of the molecule is N#Cc1c(-c2ccccc2)c(-c2ccccc2)nn(CC(=O)NN(C(N)=O)c2cccc(C(F)(F)F)c2)c1=O. The lowest BCUT2D eigenvalue weighted by Gasteiger charge is -2.22. The van der Waals surface area contributed by atoms with Crippen molar-refractivity contribution in [3.05, 3.63) is 106 Å². The van der Waals surface area contributed by atoms with Crippen LogP contribution in [0, 0.1) is 11.3 Å². The zero-order valence-corrected chi connectivity index (χ0v) is 20.0. The fraction of sp³-hybridized carbons (Fsp3) is 0.0741. The summed E-state index contributed by atoms with van der Waals surface area (Å²) >= 11 is 0. The van der Waals surface area contributed by atoms with Crippen LogP contribution < -0.4 is 21.7 Å². The van der Waals surface area contributed by atoms with E-state index in [2.05, 4.69) is 10.5 Å². The molecule has 0 saturated carbocycles. The van der Waals surface area contributed by atoms with Crippen molar-refractivity contribution in [2.45, 2.75) is 12.7 Å². The van der Waals surface area contributed by atoms with Gasteiger partial charge in [0.2, 0.25) is 0 Å². The predicted octanol–water partition coefficient (Wildman–Crippen LogP) is 4.08. The van der Waals surface area contributed by atoms with Gasteiger partial charge in [-0.1, -0.05) is 66.7 Å². The van der Waals surface area contributed by atoms with Crippen molar-refractivity contribution in [1.82, 2.24) is 15.2 Å². The number of benzene rings is 3. The van der Waals surface area contributed by atoms with Crippen LogP contribution in [0.1, 0.15) is 11.1 Å². The second-order valence-corrected chi connectivity index (χ2v) is 8.16. The first-order valence-corrected chi connectivity index (χ1v) is 11.3. The molecule has 0 aliphatic heterocycles. The standard InChI is InChI=1S/C27H19F3N6O3/c28-27(29,30)19-12-7-13-20(14-19)36(26(32)39)33-22(37)16-35-25(38)21(15-31)23(17-8-3-1-4-9-17)24(34-35)18-10-5-2-6-11-18/h1-14H,16H2,(H2,32,39)(H,33,37). The van der Waals surface area contributed by atoms with Gasteiger partial charge in [-0.2, -0.15) is 23.5 Å². The van der Waals surface area contributed by atoms with Crippen LogP contribution >= 0.6 is 0 Å². The van der Waals surface area contributed by atoms with E-state index in [4.69, 9.17) is 5.73 Å². The molecule has 1 aromatic heterocycles. The lowest BCUT2D eigenvalue weighted by atomic mass is 9.96. The number of rotatable bonds is 5. The number of urea groups is 1. The molecule has 3 aromatic carbocycles.